The van der Waals surface area contributed by atoms with Crippen molar-refractivity contribution in [1.29, 1.82) is 0 Å². The number of carbonyl (C=O) groups is 1. The number of carbonyl (C=O) groups excluding carboxylic acids is 1. The van der Waals surface area contributed by atoms with E-state index in [-0.39, 0.29) is 6.61 Å². The highest BCUT2D eigenvalue weighted by atomic mass is 32.2. The molecule has 1 rings (SSSR count). The second kappa shape index (κ2) is 6.37. The first-order valence-electron chi connectivity index (χ1n) is 5.70. The molecule has 0 aromatic heterocycles. The maximum absolute atomic E-state index is 11.6. The lowest BCUT2D eigenvalue weighted by Crippen LogP contribution is -2.45. The van der Waals surface area contributed by atoms with Crippen molar-refractivity contribution in [2.75, 3.05) is 25.4 Å². The average Bonchev–Trinajstić information content (AvgIpc) is 2.80. The minimum atomic E-state index is -1.19. The van der Waals surface area contributed by atoms with Gasteiger partial charge in [0.1, 0.15) is 6.10 Å². The van der Waals surface area contributed by atoms with Crippen molar-refractivity contribution in [3.8, 4) is 0 Å². The topological polar surface area (TPSA) is 81.9 Å². The van der Waals surface area contributed by atoms with Gasteiger partial charge in [0.2, 0.25) is 5.91 Å². The monoisotopic (exact) mass is 260 g/mol. The lowest BCUT2D eigenvalue weighted by Gasteiger charge is -2.27. The zero-order valence-corrected chi connectivity index (χ0v) is 11.1. The molecule has 1 amide bonds. The Morgan fingerprint density at radius 3 is 2.88 bits per heavy atom. The molecule has 3 N–H and O–H groups in total. The van der Waals surface area contributed by atoms with Crippen molar-refractivity contribution in [3.05, 3.63) is 0 Å². The minimum absolute atomic E-state index is 0.232. The fraction of sp³-hybridized carbons (Fsp3) is 0.818. The van der Waals surface area contributed by atoms with E-state index in [4.69, 9.17) is 5.11 Å². The molecule has 17 heavy (non-hydrogen) atoms. The number of nitrogens with one attached hydrogen (secondary N) is 1. The van der Waals surface area contributed by atoms with E-state index in [0.717, 1.165) is 17.3 Å². The second-order valence-electron chi connectivity index (χ2n) is 4.71. The molecule has 0 fully saturated rings. The average molecular weight is 260 g/mol. The Bertz CT molecular complexity index is 305. The molecule has 0 radical (unpaired) electrons. The Kier molecular flexibility index (Phi) is 5.42. The van der Waals surface area contributed by atoms with Crippen molar-refractivity contribution in [3.63, 3.8) is 0 Å². The zero-order chi connectivity index (χ0) is 12.9. The van der Waals surface area contributed by atoms with Gasteiger partial charge in [0.05, 0.1) is 11.7 Å². The number of hydrogen-bond donors (Lipinski definition) is 3. The molecule has 0 saturated heterocycles. The standard InChI is InChI=1S/C11H20N2O3S/c1-11(2,7-14)9(15)10(16)13-4-3-8-12-5-6-17-8/h9,14-15H,3-7H2,1-2H3,(H,13,16)/t9-/m0/s1. The van der Waals surface area contributed by atoms with Crippen molar-refractivity contribution in [2.24, 2.45) is 10.4 Å². The molecular formula is C11H20N2O3S. The molecule has 98 valence electrons. The van der Waals surface area contributed by atoms with Gasteiger partial charge in [-0.3, -0.25) is 9.79 Å². The highest BCUT2D eigenvalue weighted by Gasteiger charge is 2.32. The largest absolute Gasteiger partial charge is 0.396 e. The van der Waals surface area contributed by atoms with E-state index in [9.17, 15) is 9.90 Å². The van der Waals surface area contributed by atoms with Gasteiger partial charge in [-0.1, -0.05) is 13.8 Å². The number of aliphatic hydroxyl groups excluding tert-OH is 2. The van der Waals surface area contributed by atoms with Crippen LogP contribution in [0, 0.1) is 5.41 Å². The molecule has 0 saturated carbocycles. The first kappa shape index (κ1) is 14.5. The molecule has 0 aromatic rings. The molecule has 1 heterocycles. The van der Waals surface area contributed by atoms with Gasteiger partial charge in [0, 0.05) is 30.7 Å². The lowest BCUT2D eigenvalue weighted by molar-refractivity contribution is -0.137. The Hall–Kier alpha value is -0.590. The third-order valence-corrected chi connectivity index (χ3v) is 3.74. The Morgan fingerprint density at radius 1 is 1.65 bits per heavy atom. The van der Waals surface area contributed by atoms with E-state index in [1.807, 2.05) is 0 Å². The van der Waals surface area contributed by atoms with Gasteiger partial charge >= 0.3 is 0 Å². The van der Waals surface area contributed by atoms with Crippen molar-refractivity contribution in [2.45, 2.75) is 26.4 Å². The lowest BCUT2D eigenvalue weighted by atomic mass is 9.87. The van der Waals surface area contributed by atoms with Crippen molar-refractivity contribution >= 4 is 22.7 Å². The number of nitrogens with zero attached hydrogens (tertiary/aromatic N) is 1. The van der Waals surface area contributed by atoms with Gasteiger partial charge in [0.15, 0.2) is 0 Å². The summed E-state index contributed by atoms with van der Waals surface area (Å²) in [7, 11) is 0. The van der Waals surface area contributed by atoms with Crippen LogP contribution in [0.3, 0.4) is 0 Å². The Balaban J connectivity index is 2.29. The Morgan fingerprint density at radius 2 is 2.35 bits per heavy atom. The number of aliphatic hydroxyl groups is 2. The SMILES string of the molecule is CC(C)(CO)[C@@H](O)C(=O)NCCC1=NCCS1. The van der Waals surface area contributed by atoms with E-state index in [1.54, 1.807) is 25.6 Å². The number of amides is 1. The number of aliphatic imine (C=N–C) groups is 1. The van der Waals surface area contributed by atoms with E-state index in [1.165, 1.54) is 0 Å². The van der Waals surface area contributed by atoms with E-state index in [2.05, 4.69) is 10.3 Å². The highest BCUT2D eigenvalue weighted by Crippen LogP contribution is 2.19. The predicted octanol–water partition coefficient (Wildman–Crippen LogP) is 0.0174. The van der Waals surface area contributed by atoms with Crippen LogP contribution in [0.5, 0.6) is 0 Å². The van der Waals surface area contributed by atoms with Gasteiger partial charge < -0.3 is 15.5 Å². The summed E-state index contributed by atoms with van der Waals surface area (Å²) in [5.41, 5.74) is -0.816. The fourth-order valence-electron chi connectivity index (χ4n) is 1.36. The van der Waals surface area contributed by atoms with Crippen LogP contribution < -0.4 is 5.32 Å². The third kappa shape index (κ3) is 4.29. The first-order valence-corrected chi connectivity index (χ1v) is 6.68. The summed E-state index contributed by atoms with van der Waals surface area (Å²) in [6, 6.07) is 0. The van der Waals surface area contributed by atoms with E-state index >= 15 is 0 Å². The number of rotatable bonds is 6. The molecule has 0 unspecified atom stereocenters. The Labute approximate surface area is 106 Å². The van der Waals surface area contributed by atoms with Gasteiger partial charge in [0.25, 0.3) is 0 Å². The molecular weight excluding hydrogens is 240 g/mol. The van der Waals surface area contributed by atoms with Crippen molar-refractivity contribution < 1.29 is 15.0 Å². The summed E-state index contributed by atoms with van der Waals surface area (Å²) < 4.78 is 0. The minimum Gasteiger partial charge on any atom is -0.396 e. The number of hydrogen-bond acceptors (Lipinski definition) is 5. The normalized spacial score (nSPS) is 17.8. The number of thioether (sulfide) groups is 1. The van der Waals surface area contributed by atoms with Crippen molar-refractivity contribution in [1.82, 2.24) is 5.32 Å². The van der Waals surface area contributed by atoms with E-state index < -0.39 is 17.4 Å². The quantitative estimate of drug-likeness (QED) is 0.629. The molecule has 0 bridgehead atoms. The van der Waals surface area contributed by atoms with Gasteiger partial charge in [-0.2, -0.15) is 0 Å². The summed E-state index contributed by atoms with van der Waals surface area (Å²) in [6.07, 6.45) is -0.478. The van der Waals surface area contributed by atoms with Crippen LogP contribution >= 0.6 is 11.8 Å². The van der Waals surface area contributed by atoms with Crippen LogP contribution in [-0.2, 0) is 4.79 Å². The third-order valence-electron chi connectivity index (χ3n) is 2.68. The molecule has 1 atom stereocenters. The smallest absolute Gasteiger partial charge is 0.249 e. The van der Waals surface area contributed by atoms with Crippen LogP contribution in [0.4, 0.5) is 0 Å². The molecule has 0 spiro atoms. The molecule has 0 aromatic carbocycles. The fourth-order valence-corrected chi connectivity index (χ4v) is 2.21. The molecule has 5 nitrogen and oxygen atoms in total. The second-order valence-corrected chi connectivity index (χ2v) is 5.88. The maximum Gasteiger partial charge on any atom is 0.249 e. The van der Waals surface area contributed by atoms with Crippen LogP contribution in [-0.4, -0.2) is 52.7 Å². The summed E-state index contributed by atoms with van der Waals surface area (Å²) in [5.74, 6) is 0.580. The van der Waals surface area contributed by atoms with Crippen LogP contribution in [0.15, 0.2) is 4.99 Å². The van der Waals surface area contributed by atoms with Crippen LogP contribution in [0.25, 0.3) is 0 Å². The summed E-state index contributed by atoms with van der Waals surface area (Å²) in [4.78, 5) is 15.9. The summed E-state index contributed by atoms with van der Waals surface area (Å²) in [6.45, 7) is 4.39. The molecule has 0 aliphatic carbocycles. The van der Waals surface area contributed by atoms with Gasteiger partial charge in [-0.15, -0.1) is 11.8 Å². The molecule has 1 aliphatic heterocycles. The van der Waals surface area contributed by atoms with E-state index in [0.29, 0.717) is 13.0 Å². The van der Waals surface area contributed by atoms with Gasteiger partial charge in [-0.25, -0.2) is 0 Å². The zero-order valence-electron chi connectivity index (χ0n) is 10.3. The summed E-state index contributed by atoms with van der Waals surface area (Å²) in [5, 5.41) is 22.5. The summed E-state index contributed by atoms with van der Waals surface area (Å²) >= 11 is 1.71. The predicted molar refractivity (Wildman–Crippen MR) is 69.3 cm³/mol. The highest BCUT2D eigenvalue weighted by molar-refractivity contribution is 8.14. The molecule has 6 heteroatoms. The van der Waals surface area contributed by atoms with Crippen LogP contribution in [0.2, 0.25) is 0 Å². The first-order chi connectivity index (χ1) is 7.97. The molecule has 1 aliphatic rings. The maximum atomic E-state index is 11.6. The van der Waals surface area contributed by atoms with Crippen LogP contribution in [0.1, 0.15) is 20.3 Å². The van der Waals surface area contributed by atoms with Gasteiger partial charge in [-0.05, 0) is 0 Å².